The fraction of sp³-hybridized carbons (Fsp3) is 0.0833. The van der Waals surface area contributed by atoms with E-state index in [4.69, 9.17) is 14.9 Å². The number of benzene rings is 2. The Morgan fingerprint density at radius 3 is 2.25 bits per heavy atom. The molecule has 2 aromatic rings. The summed E-state index contributed by atoms with van der Waals surface area (Å²) in [6.45, 7) is 0. The molecule has 106 valence electrons. The van der Waals surface area contributed by atoms with Crippen molar-refractivity contribution in [3.05, 3.63) is 47.5 Å². The fourth-order valence-electron chi connectivity index (χ4n) is 1.92. The molecule has 0 fully saturated rings. The van der Waals surface area contributed by atoms with E-state index in [2.05, 4.69) is 0 Å². The zero-order valence-corrected chi connectivity index (χ0v) is 10.7. The molecule has 0 heterocycles. The number of alkyl halides is 2. The van der Waals surface area contributed by atoms with Gasteiger partial charge in [0.1, 0.15) is 0 Å². The number of halogens is 2. The lowest BCUT2D eigenvalue weighted by Crippen LogP contribution is -2.19. The smallest absolute Gasteiger partial charge is 0.399 e. The summed E-state index contributed by atoms with van der Waals surface area (Å²) in [7, 11) is -5.86. The van der Waals surface area contributed by atoms with Crippen molar-refractivity contribution in [2.75, 3.05) is 0 Å². The van der Waals surface area contributed by atoms with Gasteiger partial charge in [0.25, 0.3) is 0 Å². The molecule has 2 aromatic carbocycles. The standard InChI is InChI=1S/C12H9F2O5P/c13-12(14,20(17,18)19)10-8-4-2-1-3-7(8)5-6-9(10)11(15)16/h1-6H,(H,15,16)(H2,17,18,19). The van der Waals surface area contributed by atoms with E-state index in [9.17, 15) is 18.1 Å². The largest absolute Gasteiger partial charge is 0.478 e. The highest BCUT2D eigenvalue weighted by Crippen LogP contribution is 2.61. The molecule has 0 spiro atoms. The lowest BCUT2D eigenvalue weighted by molar-refractivity contribution is 0.0528. The molecule has 0 aliphatic rings. The topological polar surface area (TPSA) is 94.8 Å². The third-order valence-electron chi connectivity index (χ3n) is 2.83. The quantitative estimate of drug-likeness (QED) is 0.758. The van der Waals surface area contributed by atoms with Gasteiger partial charge in [0.05, 0.1) is 11.1 Å². The highest BCUT2D eigenvalue weighted by atomic mass is 31.2. The highest BCUT2D eigenvalue weighted by molar-refractivity contribution is 7.52. The summed E-state index contributed by atoms with van der Waals surface area (Å²) in [4.78, 5) is 28.7. The zero-order valence-electron chi connectivity index (χ0n) is 9.83. The van der Waals surface area contributed by atoms with Crippen LogP contribution in [-0.4, -0.2) is 20.9 Å². The molecule has 8 heteroatoms. The molecule has 0 aliphatic heterocycles. The van der Waals surface area contributed by atoms with E-state index in [1.165, 1.54) is 24.3 Å². The lowest BCUT2D eigenvalue weighted by atomic mass is 9.99. The first kappa shape index (κ1) is 14.6. The molecule has 0 unspecified atom stereocenters. The van der Waals surface area contributed by atoms with E-state index in [-0.39, 0.29) is 10.8 Å². The number of carbonyl (C=O) groups is 1. The van der Waals surface area contributed by atoms with Crippen LogP contribution in [0.1, 0.15) is 15.9 Å². The number of fused-ring (bicyclic) bond motifs is 1. The van der Waals surface area contributed by atoms with Crippen molar-refractivity contribution in [3.8, 4) is 0 Å². The predicted molar refractivity (Wildman–Crippen MR) is 66.8 cm³/mol. The van der Waals surface area contributed by atoms with Crippen molar-refractivity contribution >= 4 is 24.3 Å². The minimum Gasteiger partial charge on any atom is -0.478 e. The van der Waals surface area contributed by atoms with Crippen LogP contribution in [0.15, 0.2) is 36.4 Å². The summed E-state index contributed by atoms with van der Waals surface area (Å²) < 4.78 is 39.0. The van der Waals surface area contributed by atoms with Crippen molar-refractivity contribution in [3.63, 3.8) is 0 Å². The zero-order chi connectivity index (χ0) is 15.1. The molecule has 0 radical (unpaired) electrons. The molecule has 0 bridgehead atoms. The molecule has 0 atom stereocenters. The summed E-state index contributed by atoms with van der Waals surface area (Å²) in [6.07, 6.45) is 0. The molecule has 0 aliphatic carbocycles. The van der Waals surface area contributed by atoms with Crippen LogP contribution >= 0.6 is 7.60 Å². The normalized spacial score (nSPS) is 12.6. The maximum Gasteiger partial charge on any atom is 0.399 e. The molecule has 3 N–H and O–H groups in total. The first-order chi connectivity index (χ1) is 9.16. The molecule has 0 saturated heterocycles. The van der Waals surface area contributed by atoms with Gasteiger partial charge >= 0.3 is 19.2 Å². The summed E-state index contributed by atoms with van der Waals surface area (Å²) in [6, 6.07) is 7.78. The minimum atomic E-state index is -5.86. The Balaban J connectivity index is 2.94. The SMILES string of the molecule is O=C(O)c1ccc2ccccc2c1C(F)(F)P(=O)(O)O. The Morgan fingerprint density at radius 2 is 1.70 bits per heavy atom. The van der Waals surface area contributed by atoms with Crippen LogP contribution in [0.25, 0.3) is 10.8 Å². The molecular formula is C12H9F2O5P. The van der Waals surface area contributed by atoms with Crippen molar-refractivity contribution in [2.45, 2.75) is 5.66 Å². The Bertz CT molecular complexity index is 738. The van der Waals surface area contributed by atoms with Crippen LogP contribution in [0, 0.1) is 0 Å². The summed E-state index contributed by atoms with van der Waals surface area (Å²) in [5, 5.41) is 9.02. The molecular weight excluding hydrogens is 293 g/mol. The lowest BCUT2D eigenvalue weighted by Gasteiger charge is -2.21. The Labute approximate surface area is 111 Å². The second-order valence-electron chi connectivity index (χ2n) is 4.10. The number of hydrogen-bond donors (Lipinski definition) is 3. The van der Waals surface area contributed by atoms with E-state index in [1.54, 1.807) is 6.07 Å². The second kappa shape index (κ2) is 4.63. The maximum atomic E-state index is 14.0. The number of rotatable bonds is 3. The van der Waals surface area contributed by atoms with Crippen molar-refractivity contribution < 1.29 is 33.0 Å². The van der Waals surface area contributed by atoms with Gasteiger partial charge in [0, 0.05) is 0 Å². The maximum absolute atomic E-state index is 14.0. The highest BCUT2D eigenvalue weighted by Gasteiger charge is 2.53. The van der Waals surface area contributed by atoms with Gasteiger partial charge in [-0.25, -0.2) is 4.79 Å². The van der Waals surface area contributed by atoms with Gasteiger partial charge in [-0.05, 0) is 16.8 Å². The molecule has 0 amide bonds. The van der Waals surface area contributed by atoms with Crippen molar-refractivity contribution in [2.24, 2.45) is 0 Å². The van der Waals surface area contributed by atoms with Crippen LogP contribution in [0.3, 0.4) is 0 Å². The first-order valence-electron chi connectivity index (χ1n) is 5.35. The second-order valence-corrected chi connectivity index (χ2v) is 5.75. The van der Waals surface area contributed by atoms with E-state index in [0.717, 1.165) is 6.07 Å². The van der Waals surface area contributed by atoms with Crippen LogP contribution in [-0.2, 0) is 10.2 Å². The fourth-order valence-corrected chi connectivity index (χ4v) is 2.45. The minimum absolute atomic E-state index is 0.208. The summed E-state index contributed by atoms with van der Waals surface area (Å²) in [5.41, 5.74) is -6.59. The van der Waals surface area contributed by atoms with Crippen LogP contribution in [0.5, 0.6) is 0 Å². The van der Waals surface area contributed by atoms with E-state index < -0.39 is 30.4 Å². The molecule has 2 rings (SSSR count). The number of carboxylic acids is 1. The first-order valence-corrected chi connectivity index (χ1v) is 6.96. The third-order valence-corrected chi connectivity index (χ3v) is 3.78. The Hall–Kier alpha value is -1.82. The summed E-state index contributed by atoms with van der Waals surface area (Å²) in [5.74, 6) is -1.68. The average Bonchev–Trinajstić information content (AvgIpc) is 2.35. The average molecular weight is 302 g/mol. The van der Waals surface area contributed by atoms with E-state index in [0.29, 0.717) is 0 Å². The molecule has 20 heavy (non-hydrogen) atoms. The van der Waals surface area contributed by atoms with Crippen LogP contribution in [0.4, 0.5) is 8.78 Å². The van der Waals surface area contributed by atoms with Gasteiger partial charge in [-0.15, -0.1) is 0 Å². The van der Waals surface area contributed by atoms with Gasteiger partial charge in [0.2, 0.25) is 0 Å². The number of aromatic carboxylic acids is 1. The van der Waals surface area contributed by atoms with Gasteiger partial charge in [-0.1, -0.05) is 30.3 Å². The molecule has 0 saturated carbocycles. The monoisotopic (exact) mass is 302 g/mol. The van der Waals surface area contributed by atoms with Crippen LogP contribution < -0.4 is 0 Å². The number of hydrogen-bond acceptors (Lipinski definition) is 2. The van der Waals surface area contributed by atoms with Crippen molar-refractivity contribution in [1.29, 1.82) is 0 Å². The Morgan fingerprint density at radius 1 is 1.10 bits per heavy atom. The van der Waals surface area contributed by atoms with Crippen molar-refractivity contribution in [1.82, 2.24) is 0 Å². The third kappa shape index (κ3) is 2.20. The summed E-state index contributed by atoms with van der Waals surface area (Å²) >= 11 is 0. The van der Waals surface area contributed by atoms with Gasteiger partial charge in [-0.3, -0.25) is 4.57 Å². The predicted octanol–water partition coefficient (Wildman–Crippen LogP) is 2.77. The Kier molecular flexibility index (Phi) is 3.37. The van der Waals surface area contributed by atoms with Gasteiger partial charge in [0.15, 0.2) is 0 Å². The molecule has 0 aromatic heterocycles. The van der Waals surface area contributed by atoms with E-state index in [1.807, 2.05) is 0 Å². The van der Waals surface area contributed by atoms with Gasteiger partial charge in [-0.2, -0.15) is 8.78 Å². The van der Waals surface area contributed by atoms with Crippen LogP contribution in [0.2, 0.25) is 0 Å². The molecule has 5 nitrogen and oxygen atoms in total. The van der Waals surface area contributed by atoms with Gasteiger partial charge < -0.3 is 14.9 Å². The van der Waals surface area contributed by atoms with E-state index >= 15 is 0 Å². The number of carboxylic acid groups (broad SMARTS) is 1.